The van der Waals surface area contributed by atoms with E-state index in [4.69, 9.17) is 0 Å². The molecule has 1 unspecified atom stereocenters. The molecule has 1 fully saturated rings. The Morgan fingerprint density at radius 1 is 1.52 bits per heavy atom. The number of rotatable bonds is 4. The van der Waals surface area contributed by atoms with Gasteiger partial charge >= 0.3 is 11.7 Å². The molecule has 114 valence electrons. The lowest BCUT2D eigenvalue weighted by Gasteiger charge is -2.36. The molecule has 0 aromatic heterocycles. The Labute approximate surface area is 121 Å². The van der Waals surface area contributed by atoms with E-state index in [2.05, 4.69) is 4.74 Å². The number of nitro benzene ring substituents is 1. The predicted molar refractivity (Wildman–Crippen MR) is 74.7 cm³/mol. The van der Waals surface area contributed by atoms with Crippen LogP contribution >= 0.6 is 0 Å². The highest BCUT2D eigenvalue weighted by Gasteiger charge is 2.31. The van der Waals surface area contributed by atoms with Crippen LogP contribution in [0.2, 0.25) is 0 Å². The summed E-state index contributed by atoms with van der Waals surface area (Å²) in [5.41, 5.74) is -0.303. The standard InChI is InChI=1S/C14H17FN2O4/c1-21-13(18)9-10-5-2-3-8-16(10)12-7-4-6-11(15)14(12)17(19)20/h4,6-7,10H,2-3,5,8-9H2,1H3. The van der Waals surface area contributed by atoms with Crippen LogP contribution in [0.15, 0.2) is 18.2 Å². The Morgan fingerprint density at radius 3 is 2.95 bits per heavy atom. The smallest absolute Gasteiger partial charge is 0.327 e. The maximum atomic E-state index is 13.8. The van der Waals surface area contributed by atoms with Crippen LogP contribution in [0.3, 0.4) is 0 Å². The molecule has 0 N–H and O–H groups in total. The highest BCUT2D eigenvalue weighted by atomic mass is 19.1. The van der Waals surface area contributed by atoms with Gasteiger partial charge in [-0.25, -0.2) is 0 Å². The van der Waals surface area contributed by atoms with Crippen molar-refractivity contribution in [1.82, 2.24) is 0 Å². The number of halogens is 1. The summed E-state index contributed by atoms with van der Waals surface area (Å²) in [5, 5.41) is 11.1. The van der Waals surface area contributed by atoms with Crippen molar-refractivity contribution in [1.29, 1.82) is 0 Å². The summed E-state index contributed by atoms with van der Waals surface area (Å²) in [7, 11) is 1.31. The normalized spacial score (nSPS) is 18.4. The number of methoxy groups -OCH3 is 1. The minimum atomic E-state index is -0.861. The number of esters is 1. The van der Waals surface area contributed by atoms with Crippen LogP contribution in [-0.2, 0) is 9.53 Å². The Bertz CT molecular complexity index is 550. The first kappa shape index (κ1) is 15.2. The molecule has 21 heavy (non-hydrogen) atoms. The first-order chi connectivity index (χ1) is 10.0. The number of carbonyl (C=O) groups is 1. The Kier molecular flexibility index (Phi) is 4.72. The van der Waals surface area contributed by atoms with Crippen LogP contribution in [0.1, 0.15) is 25.7 Å². The number of para-hydroxylation sites is 1. The Balaban J connectivity index is 2.35. The van der Waals surface area contributed by atoms with Gasteiger partial charge in [0.25, 0.3) is 0 Å². The molecule has 1 aliphatic rings. The highest BCUT2D eigenvalue weighted by molar-refractivity contribution is 5.72. The monoisotopic (exact) mass is 296 g/mol. The third-order valence-electron chi connectivity index (χ3n) is 3.71. The van der Waals surface area contributed by atoms with E-state index in [0.29, 0.717) is 6.54 Å². The third-order valence-corrected chi connectivity index (χ3v) is 3.71. The number of ether oxygens (including phenoxy) is 1. The second-order valence-corrected chi connectivity index (χ2v) is 4.99. The fourth-order valence-electron chi connectivity index (χ4n) is 2.72. The zero-order chi connectivity index (χ0) is 15.4. The van der Waals surface area contributed by atoms with Crippen molar-refractivity contribution in [2.75, 3.05) is 18.6 Å². The van der Waals surface area contributed by atoms with Crippen molar-refractivity contribution >= 4 is 17.3 Å². The number of carbonyl (C=O) groups excluding carboxylic acids is 1. The summed E-state index contributed by atoms with van der Waals surface area (Å²) >= 11 is 0. The maximum absolute atomic E-state index is 13.8. The average Bonchev–Trinajstić information content (AvgIpc) is 2.47. The van der Waals surface area contributed by atoms with E-state index in [0.717, 1.165) is 25.3 Å². The predicted octanol–water partition coefficient (Wildman–Crippen LogP) is 2.66. The van der Waals surface area contributed by atoms with Crippen LogP contribution in [0.5, 0.6) is 0 Å². The van der Waals surface area contributed by atoms with Crippen LogP contribution < -0.4 is 4.90 Å². The molecule has 0 amide bonds. The van der Waals surface area contributed by atoms with Gasteiger partial charge in [-0.1, -0.05) is 6.07 Å². The maximum Gasteiger partial charge on any atom is 0.327 e. The molecule has 0 spiro atoms. The highest BCUT2D eigenvalue weighted by Crippen LogP contribution is 2.35. The summed E-state index contributed by atoms with van der Waals surface area (Å²) in [6.07, 6.45) is 2.65. The van der Waals surface area contributed by atoms with E-state index >= 15 is 0 Å². The Hall–Kier alpha value is -2.18. The second-order valence-electron chi connectivity index (χ2n) is 4.99. The first-order valence-electron chi connectivity index (χ1n) is 6.81. The van der Waals surface area contributed by atoms with E-state index in [1.54, 1.807) is 4.90 Å². The molecular formula is C14H17FN2O4. The van der Waals surface area contributed by atoms with Crippen LogP contribution in [0.4, 0.5) is 15.8 Å². The van der Waals surface area contributed by atoms with Crippen molar-refractivity contribution < 1.29 is 18.8 Å². The first-order valence-corrected chi connectivity index (χ1v) is 6.81. The number of nitro groups is 1. The van der Waals surface area contributed by atoms with Gasteiger partial charge in [-0.15, -0.1) is 0 Å². The van der Waals surface area contributed by atoms with Gasteiger partial charge in [0.1, 0.15) is 5.69 Å². The lowest BCUT2D eigenvalue weighted by molar-refractivity contribution is -0.386. The van der Waals surface area contributed by atoms with Crippen molar-refractivity contribution in [3.8, 4) is 0 Å². The van der Waals surface area contributed by atoms with E-state index < -0.39 is 16.4 Å². The molecule has 6 nitrogen and oxygen atoms in total. The molecule has 1 heterocycles. The van der Waals surface area contributed by atoms with Gasteiger partial charge in [0.15, 0.2) is 0 Å². The topological polar surface area (TPSA) is 72.7 Å². The van der Waals surface area contributed by atoms with Crippen LogP contribution in [0.25, 0.3) is 0 Å². The largest absolute Gasteiger partial charge is 0.469 e. The van der Waals surface area contributed by atoms with Crippen molar-refractivity contribution in [3.63, 3.8) is 0 Å². The molecule has 2 rings (SSSR count). The van der Waals surface area contributed by atoms with Gasteiger partial charge < -0.3 is 9.64 Å². The van der Waals surface area contributed by atoms with E-state index in [-0.39, 0.29) is 24.1 Å². The van der Waals surface area contributed by atoms with E-state index in [1.165, 1.54) is 19.2 Å². The molecule has 0 radical (unpaired) electrons. The summed E-state index contributed by atoms with van der Waals surface area (Å²) in [4.78, 5) is 23.6. The summed E-state index contributed by atoms with van der Waals surface area (Å²) in [5.74, 6) is -1.23. The molecule has 1 aliphatic heterocycles. The minimum Gasteiger partial charge on any atom is -0.469 e. The molecule has 0 bridgehead atoms. The molecule has 0 aliphatic carbocycles. The fourth-order valence-corrected chi connectivity index (χ4v) is 2.72. The SMILES string of the molecule is COC(=O)CC1CCCCN1c1cccc(F)c1[N+](=O)[O-]. The van der Waals surface area contributed by atoms with Gasteiger partial charge in [0.05, 0.1) is 18.5 Å². The third kappa shape index (κ3) is 3.29. The zero-order valence-electron chi connectivity index (χ0n) is 11.8. The van der Waals surface area contributed by atoms with Gasteiger partial charge in [-0.05, 0) is 31.4 Å². The number of piperidine rings is 1. The molecule has 1 aromatic carbocycles. The van der Waals surface area contributed by atoms with Crippen molar-refractivity contribution in [3.05, 3.63) is 34.1 Å². The number of nitrogens with zero attached hydrogens (tertiary/aromatic N) is 2. The van der Waals surface area contributed by atoms with E-state index in [9.17, 15) is 19.3 Å². The quantitative estimate of drug-likeness (QED) is 0.485. The van der Waals surface area contributed by atoms with Crippen LogP contribution in [-0.4, -0.2) is 30.6 Å². The number of hydrogen-bond donors (Lipinski definition) is 0. The molecule has 0 saturated carbocycles. The summed E-state index contributed by atoms with van der Waals surface area (Å²) < 4.78 is 18.4. The molecular weight excluding hydrogens is 279 g/mol. The van der Waals surface area contributed by atoms with Crippen LogP contribution in [0, 0.1) is 15.9 Å². The Morgan fingerprint density at radius 2 is 2.29 bits per heavy atom. The number of hydrogen-bond acceptors (Lipinski definition) is 5. The average molecular weight is 296 g/mol. The molecule has 1 atom stereocenters. The van der Waals surface area contributed by atoms with Gasteiger partial charge in [-0.2, -0.15) is 4.39 Å². The summed E-state index contributed by atoms with van der Waals surface area (Å²) in [6, 6.07) is 3.84. The lowest BCUT2D eigenvalue weighted by atomic mass is 9.98. The van der Waals surface area contributed by atoms with Gasteiger partial charge in [0, 0.05) is 12.6 Å². The van der Waals surface area contributed by atoms with Crippen molar-refractivity contribution in [2.45, 2.75) is 31.7 Å². The minimum absolute atomic E-state index is 0.143. The van der Waals surface area contributed by atoms with Crippen molar-refractivity contribution in [2.24, 2.45) is 0 Å². The number of anilines is 1. The van der Waals surface area contributed by atoms with E-state index in [1.807, 2.05) is 0 Å². The molecule has 1 aromatic rings. The molecule has 7 heteroatoms. The zero-order valence-corrected chi connectivity index (χ0v) is 11.8. The summed E-state index contributed by atoms with van der Waals surface area (Å²) in [6.45, 7) is 0.561. The fraction of sp³-hybridized carbons (Fsp3) is 0.500. The lowest BCUT2D eigenvalue weighted by Crippen LogP contribution is -2.41. The number of benzene rings is 1. The molecule has 1 saturated heterocycles. The van der Waals surface area contributed by atoms with Gasteiger partial charge in [-0.3, -0.25) is 14.9 Å². The second kappa shape index (κ2) is 6.51. The van der Waals surface area contributed by atoms with Gasteiger partial charge in [0.2, 0.25) is 5.82 Å².